The number of halogens is 4. The maximum absolute atomic E-state index is 14.6. The smallest absolute Gasteiger partial charge is 0.339 e. The summed E-state index contributed by atoms with van der Waals surface area (Å²) in [6.07, 6.45) is 7.69. The molecular formula is C54H54Cl4N6O6. The van der Waals surface area contributed by atoms with Gasteiger partial charge in [-0.15, -0.1) is 0 Å². The van der Waals surface area contributed by atoms with Gasteiger partial charge in [-0.2, -0.15) is 10.1 Å². The number of anilines is 2. The van der Waals surface area contributed by atoms with Crippen LogP contribution < -0.4 is 10.6 Å². The van der Waals surface area contributed by atoms with Gasteiger partial charge in [0.2, 0.25) is 0 Å². The molecule has 7 heterocycles. The molecule has 6 aromatic rings. The lowest BCUT2D eigenvalue weighted by Gasteiger charge is -2.50. The minimum absolute atomic E-state index is 0.307. The summed E-state index contributed by atoms with van der Waals surface area (Å²) in [6.45, 7) is 5.12. The number of aromatic nitrogens is 2. The SMILES string of the molecule is CC[C@]12C=C(C(=O)OC)c3c(CC4Nc5cc(Cl)cc(Cl)c5C(Nc5cc(Cl)cc(Cl)c5)C4c4c5n(c6ccccc46)[C@H]4N(O)CCC[C@@]4(CC)C=C5C(=O)OC)c4ccccc4n3[C@H]1N(O)CCC2. The first-order chi connectivity index (χ1) is 33.8. The molecule has 2 aromatic heterocycles. The predicted octanol–water partition coefficient (Wildman–Crippen LogP) is 13.1. The maximum Gasteiger partial charge on any atom is 0.339 e. The van der Waals surface area contributed by atoms with E-state index in [0.29, 0.717) is 86.4 Å². The first-order valence-corrected chi connectivity index (χ1v) is 25.5. The second kappa shape index (κ2) is 17.9. The molecule has 4 N–H and O–H groups in total. The lowest BCUT2D eigenvalue weighted by Crippen LogP contribution is -2.49. The van der Waals surface area contributed by atoms with Gasteiger partial charge in [-0.3, -0.25) is 0 Å². The topological polar surface area (TPSA) is 133 Å². The lowest BCUT2D eigenvalue weighted by molar-refractivity contribution is -0.203. The van der Waals surface area contributed by atoms with E-state index in [0.717, 1.165) is 64.2 Å². The molecule has 4 aromatic carbocycles. The van der Waals surface area contributed by atoms with Crippen LogP contribution in [0.25, 0.3) is 33.0 Å². The van der Waals surface area contributed by atoms with E-state index in [9.17, 15) is 20.0 Å². The predicted molar refractivity (Wildman–Crippen MR) is 276 cm³/mol. The van der Waals surface area contributed by atoms with Crippen molar-refractivity contribution in [3.05, 3.63) is 139 Å². The van der Waals surface area contributed by atoms with Crippen LogP contribution in [-0.4, -0.2) is 75.0 Å². The zero-order chi connectivity index (χ0) is 49.0. The number of fused-ring (bicyclic) bond motifs is 11. The highest BCUT2D eigenvalue weighted by molar-refractivity contribution is 6.36. The Morgan fingerprint density at radius 1 is 0.714 bits per heavy atom. The van der Waals surface area contributed by atoms with Crippen LogP contribution in [0.2, 0.25) is 20.1 Å². The summed E-state index contributed by atoms with van der Waals surface area (Å²) in [6, 6.07) is 23.9. The Bertz CT molecular complexity index is 3180. The number of piperidine rings is 2. The zero-order valence-corrected chi connectivity index (χ0v) is 42.3. The van der Waals surface area contributed by atoms with Gasteiger partial charge >= 0.3 is 11.9 Å². The minimum atomic E-state index is -0.663. The van der Waals surface area contributed by atoms with Crippen LogP contribution in [0.4, 0.5) is 11.4 Å². The number of hydrogen-bond acceptors (Lipinski definition) is 10. The Morgan fingerprint density at radius 2 is 1.24 bits per heavy atom. The average molecular weight is 1020 g/mol. The van der Waals surface area contributed by atoms with Crippen molar-refractivity contribution in [2.24, 2.45) is 10.8 Å². The average Bonchev–Trinajstić information content (AvgIpc) is 3.85. The van der Waals surface area contributed by atoms with Gasteiger partial charge in [-0.25, -0.2) is 9.59 Å². The number of methoxy groups -OCH3 is 2. The molecule has 11 rings (SSSR count). The first kappa shape index (κ1) is 47.3. The van der Waals surface area contributed by atoms with E-state index < -0.39 is 53.1 Å². The molecular weight excluding hydrogens is 970 g/mol. The summed E-state index contributed by atoms with van der Waals surface area (Å²) in [5.74, 6) is -1.57. The van der Waals surface area contributed by atoms with E-state index in [-0.39, 0.29) is 0 Å². The number of ether oxygens (including phenoxy) is 2. The molecule has 0 aliphatic carbocycles. The maximum atomic E-state index is 14.6. The second-order valence-corrected chi connectivity index (χ2v) is 21.2. The first-order valence-electron chi connectivity index (χ1n) is 24.0. The number of carbonyl (C=O) groups is 2. The van der Waals surface area contributed by atoms with Gasteiger partial charge in [0.05, 0.1) is 53.8 Å². The number of carbonyl (C=O) groups excluding carboxylic acids is 2. The molecule has 364 valence electrons. The number of rotatable bonds is 9. The van der Waals surface area contributed by atoms with Crippen LogP contribution in [0.5, 0.6) is 0 Å². The Hall–Kier alpha value is -5.02. The summed E-state index contributed by atoms with van der Waals surface area (Å²) >= 11 is 27.8. The molecule has 0 bridgehead atoms. The molecule has 7 atom stereocenters. The van der Waals surface area contributed by atoms with Crippen LogP contribution in [0.1, 0.15) is 105 Å². The fourth-order valence-corrected chi connectivity index (χ4v) is 14.3. The van der Waals surface area contributed by atoms with Gasteiger partial charge in [-0.1, -0.05) is 109 Å². The van der Waals surface area contributed by atoms with Gasteiger partial charge in [0.25, 0.3) is 0 Å². The standard InChI is InChI=1S/C54H54Cl4N6O6/c1-5-53-17-11-19-61(67)51(53)63-41-15-9-7-13-33(41)35(47(63)36(27-53)49(65)69-3)26-40-45(46(59-32-22-29(55)21-30(56)23-32)44-38(58)24-31(57)25-39(44)60-40)43-34-14-8-10-16-42(34)64-48(43)37(50(66)70-4)28-54(6-2)18-12-20-62(68)52(54)64/h7-10,13-16,21-25,27-28,40,45-46,51-52,59-60,67-68H,5-6,11-12,17-20,26H2,1-4H3/t40?,45?,46?,51-,52-,53+,54+/m1/s1. The third-order valence-corrected chi connectivity index (χ3v) is 17.1. The molecule has 3 unspecified atom stereocenters. The summed E-state index contributed by atoms with van der Waals surface area (Å²) in [5, 5.41) is 38.2. The van der Waals surface area contributed by atoms with Crippen molar-refractivity contribution in [2.45, 2.75) is 89.1 Å². The van der Waals surface area contributed by atoms with E-state index in [1.54, 1.807) is 12.1 Å². The molecule has 0 amide bonds. The molecule has 0 saturated carbocycles. The Balaban J connectivity index is 1.24. The largest absolute Gasteiger partial charge is 0.465 e. The number of hydrogen-bond donors (Lipinski definition) is 4. The molecule has 12 nitrogen and oxygen atoms in total. The van der Waals surface area contributed by atoms with Crippen molar-refractivity contribution in [2.75, 3.05) is 37.9 Å². The molecule has 0 radical (unpaired) electrons. The monoisotopic (exact) mass is 1020 g/mol. The summed E-state index contributed by atoms with van der Waals surface area (Å²) in [5.41, 5.74) is 6.35. The molecule has 0 spiro atoms. The zero-order valence-electron chi connectivity index (χ0n) is 39.2. The number of benzene rings is 4. The number of nitrogens with one attached hydrogen (secondary N) is 2. The van der Waals surface area contributed by atoms with Gasteiger partial charge in [0.15, 0.2) is 0 Å². The van der Waals surface area contributed by atoms with Crippen LogP contribution >= 0.6 is 46.4 Å². The molecule has 2 saturated heterocycles. The normalized spacial score (nSPS) is 26.2. The van der Waals surface area contributed by atoms with Crippen LogP contribution in [0.3, 0.4) is 0 Å². The number of para-hydroxylation sites is 2. The fraction of sp³-hybridized carbons (Fsp3) is 0.370. The van der Waals surface area contributed by atoms with Crippen LogP contribution in [0.15, 0.2) is 91.0 Å². The van der Waals surface area contributed by atoms with Crippen LogP contribution in [0, 0.1) is 10.8 Å². The highest BCUT2D eigenvalue weighted by atomic mass is 35.5. The van der Waals surface area contributed by atoms with Crippen molar-refractivity contribution in [3.63, 3.8) is 0 Å². The third kappa shape index (κ3) is 7.23. The number of esters is 2. The van der Waals surface area contributed by atoms with E-state index >= 15 is 0 Å². The molecule has 5 aliphatic rings. The van der Waals surface area contributed by atoms with E-state index in [1.807, 2.05) is 60.7 Å². The fourth-order valence-electron chi connectivity index (χ4n) is 13.2. The minimum Gasteiger partial charge on any atom is -0.465 e. The highest BCUT2D eigenvalue weighted by Crippen LogP contribution is 2.59. The van der Waals surface area contributed by atoms with Gasteiger partial charge in [0.1, 0.15) is 12.3 Å². The van der Waals surface area contributed by atoms with E-state index in [2.05, 4.69) is 51.8 Å². The number of hydroxylamine groups is 4. The van der Waals surface area contributed by atoms with Crippen molar-refractivity contribution < 1.29 is 29.5 Å². The molecule has 70 heavy (non-hydrogen) atoms. The molecule has 2 fully saturated rings. The van der Waals surface area contributed by atoms with Crippen LogP contribution in [-0.2, 0) is 25.5 Å². The Labute approximate surface area is 426 Å². The van der Waals surface area contributed by atoms with Crippen molar-refractivity contribution in [1.82, 2.24) is 19.3 Å². The quantitative estimate of drug-likeness (QED) is 0.104. The molecule has 5 aliphatic heterocycles. The Kier molecular flexibility index (Phi) is 12.1. The second-order valence-electron chi connectivity index (χ2n) is 19.5. The van der Waals surface area contributed by atoms with Gasteiger partial charge < -0.3 is 39.7 Å². The van der Waals surface area contributed by atoms with Gasteiger partial charge in [0, 0.05) is 83.7 Å². The van der Waals surface area contributed by atoms with Crippen molar-refractivity contribution >= 4 is 103 Å². The number of nitrogens with zero attached hydrogens (tertiary/aromatic N) is 4. The lowest BCUT2D eigenvalue weighted by atomic mass is 9.70. The third-order valence-electron chi connectivity index (χ3n) is 16.1. The molecule has 16 heteroatoms. The summed E-state index contributed by atoms with van der Waals surface area (Å²) in [7, 11) is 2.81. The Morgan fingerprint density at radius 3 is 1.83 bits per heavy atom. The highest BCUT2D eigenvalue weighted by Gasteiger charge is 2.53. The van der Waals surface area contributed by atoms with E-state index in [1.165, 1.54) is 24.3 Å². The van der Waals surface area contributed by atoms with E-state index in [4.69, 9.17) is 55.9 Å². The summed E-state index contributed by atoms with van der Waals surface area (Å²) < 4.78 is 15.6. The summed E-state index contributed by atoms with van der Waals surface area (Å²) in [4.78, 5) is 29.0. The van der Waals surface area contributed by atoms with Gasteiger partial charge in [-0.05, 0) is 98.5 Å². The van der Waals surface area contributed by atoms with Crippen molar-refractivity contribution in [3.8, 4) is 0 Å². The van der Waals surface area contributed by atoms with Crippen molar-refractivity contribution in [1.29, 1.82) is 0 Å².